The number of benzene rings is 1. The zero-order chi connectivity index (χ0) is 13.8. The van der Waals surface area contributed by atoms with Crippen LogP contribution in [-0.2, 0) is 4.74 Å². The van der Waals surface area contributed by atoms with Gasteiger partial charge in [-0.1, -0.05) is 0 Å². The predicted molar refractivity (Wildman–Crippen MR) is 70.6 cm³/mol. The second kappa shape index (κ2) is 5.79. The molecule has 1 aromatic rings. The first-order valence-electron chi connectivity index (χ1n) is 6.23. The predicted octanol–water partition coefficient (Wildman–Crippen LogP) is 2.39. The van der Waals surface area contributed by atoms with Crippen LogP contribution in [0.4, 0.5) is 11.4 Å². The lowest BCUT2D eigenvalue weighted by Gasteiger charge is -2.12. The number of ketones is 1. The molecule has 0 radical (unpaired) electrons. The van der Waals surface area contributed by atoms with Crippen LogP contribution in [0, 0.1) is 10.1 Å². The Morgan fingerprint density at radius 1 is 1.58 bits per heavy atom. The number of ether oxygens (including phenoxy) is 1. The highest BCUT2D eigenvalue weighted by atomic mass is 16.6. The van der Waals surface area contributed by atoms with Crippen molar-refractivity contribution in [2.75, 3.05) is 18.5 Å². The van der Waals surface area contributed by atoms with Gasteiger partial charge >= 0.3 is 0 Å². The third kappa shape index (κ3) is 3.29. The summed E-state index contributed by atoms with van der Waals surface area (Å²) in [7, 11) is 0. The van der Waals surface area contributed by atoms with Crippen LogP contribution in [0.3, 0.4) is 0 Å². The summed E-state index contributed by atoms with van der Waals surface area (Å²) in [6, 6.07) is 4.47. The summed E-state index contributed by atoms with van der Waals surface area (Å²) in [4.78, 5) is 21.8. The van der Waals surface area contributed by atoms with E-state index in [2.05, 4.69) is 5.32 Å². The third-order valence-electron chi connectivity index (χ3n) is 3.15. The second-order valence-corrected chi connectivity index (χ2v) is 4.56. The smallest absolute Gasteiger partial charge is 0.293 e. The van der Waals surface area contributed by atoms with Gasteiger partial charge in [-0.3, -0.25) is 14.9 Å². The normalized spacial score (nSPS) is 18.3. The fourth-order valence-corrected chi connectivity index (χ4v) is 2.08. The molecule has 0 aliphatic carbocycles. The third-order valence-corrected chi connectivity index (χ3v) is 3.15. The van der Waals surface area contributed by atoms with Crippen molar-refractivity contribution < 1.29 is 14.5 Å². The number of nitro benzene ring substituents is 1. The van der Waals surface area contributed by atoms with Crippen molar-refractivity contribution in [3.63, 3.8) is 0 Å². The summed E-state index contributed by atoms with van der Waals surface area (Å²) < 4.78 is 5.45. The van der Waals surface area contributed by atoms with Crippen LogP contribution in [0.5, 0.6) is 0 Å². The molecule has 0 bridgehead atoms. The average molecular weight is 264 g/mol. The first-order chi connectivity index (χ1) is 9.08. The Morgan fingerprint density at radius 2 is 2.37 bits per heavy atom. The van der Waals surface area contributed by atoms with Gasteiger partial charge in [0.1, 0.15) is 5.69 Å². The molecule has 1 heterocycles. The molecule has 6 nitrogen and oxygen atoms in total. The summed E-state index contributed by atoms with van der Waals surface area (Å²) in [6.45, 7) is 2.68. The van der Waals surface area contributed by atoms with Crippen molar-refractivity contribution in [1.29, 1.82) is 0 Å². The number of carbonyl (C=O) groups excluding carboxylic acids is 1. The average Bonchev–Trinajstić information content (AvgIpc) is 2.89. The van der Waals surface area contributed by atoms with Gasteiger partial charge in [-0.05, 0) is 31.9 Å². The van der Waals surface area contributed by atoms with Gasteiger partial charge in [0.2, 0.25) is 0 Å². The van der Waals surface area contributed by atoms with Crippen LogP contribution in [0.2, 0.25) is 0 Å². The lowest BCUT2D eigenvalue weighted by molar-refractivity contribution is -0.384. The van der Waals surface area contributed by atoms with E-state index in [9.17, 15) is 14.9 Å². The van der Waals surface area contributed by atoms with Gasteiger partial charge < -0.3 is 10.1 Å². The molecule has 6 heteroatoms. The van der Waals surface area contributed by atoms with Crippen molar-refractivity contribution in [2.45, 2.75) is 25.9 Å². The number of rotatable bonds is 5. The van der Waals surface area contributed by atoms with E-state index in [4.69, 9.17) is 4.74 Å². The molecule has 102 valence electrons. The number of carbonyl (C=O) groups is 1. The van der Waals surface area contributed by atoms with E-state index in [0.717, 1.165) is 19.4 Å². The molecule has 1 aliphatic heterocycles. The van der Waals surface area contributed by atoms with Gasteiger partial charge in [-0.25, -0.2) is 0 Å². The van der Waals surface area contributed by atoms with E-state index in [1.54, 1.807) is 12.1 Å². The Kier molecular flexibility index (Phi) is 4.11. The van der Waals surface area contributed by atoms with Crippen molar-refractivity contribution in [3.8, 4) is 0 Å². The molecule has 0 spiro atoms. The summed E-state index contributed by atoms with van der Waals surface area (Å²) in [5.74, 6) is -0.186. The van der Waals surface area contributed by atoms with E-state index >= 15 is 0 Å². The molecule has 1 saturated heterocycles. The van der Waals surface area contributed by atoms with Crippen LogP contribution < -0.4 is 5.32 Å². The number of nitrogens with zero attached hydrogens (tertiary/aromatic N) is 1. The molecule has 1 N–H and O–H groups in total. The SMILES string of the molecule is CC(=O)c1ccc(NC[C@H]2CCCO2)c([N+](=O)[O-])c1. The minimum absolute atomic E-state index is 0.0781. The van der Waals surface area contributed by atoms with Crippen molar-refractivity contribution in [1.82, 2.24) is 0 Å². The molecule has 0 amide bonds. The van der Waals surface area contributed by atoms with Gasteiger partial charge in [0.25, 0.3) is 5.69 Å². The quantitative estimate of drug-likeness (QED) is 0.501. The maximum atomic E-state index is 11.2. The van der Waals surface area contributed by atoms with Gasteiger partial charge in [0.15, 0.2) is 5.78 Å². The Morgan fingerprint density at radius 3 is 2.95 bits per heavy atom. The zero-order valence-electron chi connectivity index (χ0n) is 10.7. The first-order valence-corrected chi connectivity index (χ1v) is 6.23. The number of Topliss-reactive ketones (excluding diaryl/α,β-unsaturated/α-hetero) is 1. The molecule has 0 saturated carbocycles. The van der Waals surface area contributed by atoms with E-state index in [0.29, 0.717) is 17.8 Å². The molecule has 1 aromatic carbocycles. The van der Waals surface area contributed by atoms with Crippen molar-refractivity contribution in [3.05, 3.63) is 33.9 Å². The number of nitro groups is 1. The van der Waals surface area contributed by atoms with Crippen LogP contribution in [0.25, 0.3) is 0 Å². The second-order valence-electron chi connectivity index (χ2n) is 4.56. The Labute approximate surface area is 110 Å². The van der Waals surface area contributed by atoms with E-state index < -0.39 is 4.92 Å². The van der Waals surface area contributed by atoms with E-state index in [1.165, 1.54) is 13.0 Å². The summed E-state index contributed by atoms with van der Waals surface area (Å²) >= 11 is 0. The highest BCUT2D eigenvalue weighted by Crippen LogP contribution is 2.26. The van der Waals surface area contributed by atoms with Crippen LogP contribution >= 0.6 is 0 Å². The number of hydrogen-bond donors (Lipinski definition) is 1. The molecule has 1 atom stereocenters. The van der Waals surface area contributed by atoms with E-state index in [-0.39, 0.29) is 17.6 Å². The fourth-order valence-electron chi connectivity index (χ4n) is 2.08. The van der Waals surface area contributed by atoms with Gasteiger partial charge in [0, 0.05) is 24.8 Å². The summed E-state index contributed by atoms with van der Waals surface area (Å²) in [6.07, 6.45) is 2.09. The maximum absolute atomic E-state index is 11.2. The number of anilines is 1. The molecular weight excluding hydrogens is 248 g/mol. The number of hydrogen-bond acceptors (Lipinski definition) is 5. The molecule has 0 unspecified atom stereocenters. The summed E-state index contributed by atoms with van der Waals surface area (Å²) in [5, 5.41) is 14.0. The minimum atomic E-state index is -0.482. The highest BCUT2D eigenvalue weighted by molar-refractivity contribution is 5.95. The van der Waals surface area contributed by atoms with Gasteiger partial charge in [-0.15, -0.1) is 0 Å². The van der Waals surface area contributed by atoms with Crippen molar-refractivity contribution in [2.24, 2.45) is 0 Å². The number of nitrogens with one attached hydrogen (secondary N) is 1. The van der Waals surface area contributed by atoms with Gasteiger partial charge in [-0.2, -0.15) is 0 Å². The van der Waals surface area contributed by atoms with Gasteiger partial charge in [0.05, 0.1) is 11.0 Å². The Bertz CT molecular complexity index is 495. The maximum Gasteiger partial charge on any atom is 0.293 e. The largest absolute Gasteiger partial charge is 0.377 e. The first kappa shape index (κ1) is 13.5. The fraction of sp³-hybridized carbons (Fsp3) is 0.462. The lowest BCUT2D eigenvalue weighted by Crippen LogP contribution is -2.19. The Balaban J connectivity index is 2.14. The highest BCUT2D eigenvalue weighted by Gasteiger charge is 2.19. The lowest BCUT2D eigenvalue weighted by atomic mass is 10.1. The van der Waals surface area contributed by atoms with Crippen LogP contribution in [-0.4, -0.2) is 30.0 Å². The minimum Gasteiger partial charge on any atom is -0.377 e. The molecule has 19 heavy (non-hydrogen) atoms. The molecule has 1 aliphatic rings. The Hall–Kier alpha value is -1.95. The standard InChI is InChI=1S/C13H16N2O4/c1-9(16)10-4-5-12(13(7-10)15(17)18)14-8-11-3-2-6-19-11/h4-5,7,11,14H,2-3,6,8H2,1H3/t11-/m1/s1. The monoisotopic (exact) mass is 264 g/mol. The summed E-state index contributed by atoms with van der Waals surface area (Å²) in [5.41, 5.74) is 0.686. The molecule has 1 fully saturated rings. The molecule has 0 aromatic heterocycles. The zero-order valence-corrected chi connectivity index (χ0v) is 10.7. The topological polar surface area (TPSA) is 81.5 Å². The molecular formula is C13H16N2O4. The van der Waals surface area contributed by atoms with Crippen LogP contribution in [0.1, 0.15) is 30.1 Å². The van der Waals surface area contributed by atoms with Crippen molar-refractivity contribution >= 4 is 17.2 Å². The van der Waals surface area contributed by atoms with E-state index in [1.807, 2.05) is 0 Å². The molecule has 2 rings (SSSR count). The van der Waals surface area contributed by atoms with Crippen LogP contribution in [0.15, 0.2) is 18.2 Å².